The normalized spacial score (nSPS) is 12.9. The summed E-state index contributed by atoms with van der Waals surface area (Å²) in [6, 6.07) is 0. The SMILES string of the molecule is COC(C)(C)CCOCCOCCS(=O)(=O)Cl. The lowest BCUT2D eigenvalue weighted by molar-refractivity contribution is -0.0181. The highest BCUT2D eigenvalue weighted by molar-refractivity contribution is 8.13. The van der Waals surface area contributed by atoms with E-state index < -0.39 is 9.05 Å². The Hall–Kier alpha value is 0.120. The van der Waals surface area contributed by atoms with E-state index in [1.54, 1.807) is 7.11 Å². The van der Waals surface area contributed by atoms with Crippen LogP contribution in [-0.2, 0) is 23.3 Å². The van der Waals surface area contributed by atoms with E-state index in [1.807, 2.05) is 13.8 Å². The summed E-state index contributed by atoms with van der Waals surface area (Å²) in [5.74, 6) is -0.175. The molecule has 0 aliphatic heterocycles. The molecule has 0 aliphatic carbocycles. The minimum atomic E-state index is -3.45. The van der Waals surface area contributed by atoms with Gasteiger partial charge in [0.2, 0.25) is 9.05 Å². The molecule has 0 saturated carbocycles. The van der Waals surface area contributed by atoms with Gasteiger partial charge in [0.05, 0.1) is 31.2 Å². The molecule has 0 saturated heterocycles. The molecule has 5 nitrogen and oxygen atoms in total. The van der Waals surface area contributed by atoms with Crippen molar-refractivity contribution in [3.63, 3.8) is 0 Å². The van der Waals surface area contributed by atoms with Crippen molar-refractivity contribution in [2.75, 3.05) is 39.3 Å². The molecule has 0 bridgehead atoms. The lowest BCUT2D eigenvalue weighted by Crippen LogP contribution is -2.24. The second-order valence-electron chi connectivity index (χ2n) is 4.18. The molecule has 0 aromatic rings. The zero-order valence-electron chi connectivity index (χ0n) is 10.6. The van der Waals surface area contributed by atoms with Gasteiger partial charge in [-0.25, -0.2) is 8.42 Å². The zero-order valence-corrected chi connectivity index (χ0v) is 12.1. The Labute approximate surface area is 108 Å². The van der Waals surface area contributed by atoms with Gasteiger partial charge in [0.25, 0.3) is 0 Å². The number of methoxy groups -OCH3 is 1. The number of ether oxygens (including phenoxy) is 3. The van der Waals surface area contributed by atoms with Gasteiger partial charge in [0.1, 0.15) is 0 Å². The maximum atomic E-state index is 10.6. The quantitative estimate of drug-likeness (QED) is 0.449. The Morgan fingerprint density at radius 3 is 2.06 bits per heavy atom. The van der Waals surface area contributed by atoms with Gasteiger partial charge in [-0.05, 0) is 20.3 Å². The molecule has 0 rings (SSSR count). The molecule has 0 spiro atoms. The molecular weight excluding hydrogens is 268 g/mol. The number of halogens is 1. The fraction of sp³-hybridized carbons (Fsp3) is 1.00. The highest BCUT2D eigenvalue weighted by atomic mass is 35.7. The fourth-order valence-electron chi connectivity index (χ4n) is 0.900. The predicted molar refractivity (Wildman–Crippen MR) is 67.0 cm³/mol. The Balaban J connectivity index is 3.31. The van der Waals surface area contributed by atoms with Gasteiger partial charge in [0, 0.05) is 24.4 Å². The molecule has 0 aliphatic rings. The van der Waals surface area contributed by atoms with Crippen molar-refractivity contribution < 1.29 is 22.6 Å². The maximum absolute atomic E-state index is 10.6. The third-order valence-corrected chi connectivity index (χ3v) is 3.36. The molecule has 0 radical (unpaired) electrons. The Kier molecular flexibility index (Phi) is 8.32. The number of hydrogen-bond donors (Lipinski definition) is 0. The largest absolute Gasteiger partial charge is 0.379 e. The predicted octanol–water partition coefficient (Wildman–Crippen LogP) is 1.40. The van der Waals surface area contributed by atoms with E-state index in [4.69, 9.17) is 24.9 Å². The average molecular weight is 289 g/mol. The summed E-state index contributed by atoms with van der Waals surface area (Å²) in [5, 5.41) is 0. The van der Waals surface area contributed by atoms with Crippen LogP contribution in [0.1, 0.15) is 20.3 Å². The van der Waals surface area contributed by atoms with E-state index in [0.717, 1.165) is 6.42 Å². The third kappa shape index (κ3) is 12.4. The van der Waals surface area contributed by atoms with Crippen LogP contribution in [-0.4, -0.2) is 53.3 Å². The van der Waals surface area contributed by atoms with E-state index in [0.29, 0.717) is 19.8 Å². The molecule has 0 heterocycles. The molecule has 0 unspecified atom stereocenters. The molecule has 104 valence electrons. The van der Waals surface area contributed by atoms with Gasteiger partial charge in [-0.1, -0.05) is 0 Å². The number of hydrogen-bond acceptors (Lipinski definition) is 5. The summed E-state index contributed by atoms with van der Waals surface area (Å²) >= 11 is 0. The average Bonchev–Trinajstić information content (AvgIpc) is 2.20. The van der Waals surface area contributed by atoms with Gasteiger partial charge >= 0.3 is 0 Å². The molecule has 0 fully saturated rings. The van der Waals surface area contributed by atoms with Crippen LogP contribution in [0.2, 0.25) is 0 Å². The maximum Gasteiger partial charge on any atom is 0.234 e. The van der Waals surface area contributed by atoms with E-state index in [-0.39, 0.29) is 18.0 Å². The molecule has 7 heteroatoms. The minimum Gasteiger partial charge on any atom is -0.379 e. The molecule has 17 heavy (non-hydrogen) atoms. The summed E-state index contributed by atoms with van der Waals surface area (Å²) in [5.41, 5.74) is -0.187. The zero-order chi connectivity index (χ0) is 13.4. The van der Waals surface area contributed by atoms with Crippen molar-refractivity contribution in [3.8, 4) is 0 Å². The van der Waals surface area contributed by atoms with E-state index in [9.17, 15) is 8.42 Å². The van der Waals surface area contributed by atoms with E-state index in [2.05, 4.69) is 0 Å². The molecule has 0 aromatic heterocycles. The molecule has 0 aromatic carbocycles. The van der Waals surface area contributed by atoms with Crippen LogP contribution in [0.3, 0.4) is 0 Å². The minimum absolute atomic E-state index is 0.0960. The van der Waals surface area contributed by atoms with Crippen LogP contribution in [0.5, 0.6) is 0 Å². The first-order valence-corrected chi connectivity index (χ1v) is 7.88. The van der Waals surface area contributed by atoms with Crippen LogP contribution in [0.25, 0.3) is 0 Å². The van der Waals surface area contributed by atoms with Crippen LogP contribution < -0.4 is 0 Å². The van der Waals surface area contributed by atoms with Crippen molar-refractivity contribution in [1.29, 1.82) is 0 Å². The highest BCUT2D eigenvalue weighted by Gasteiger charge is 2.15. The van der Waals surface area contributed by atoms with E-state index >= 15 is 0 Å². The molecule has 0 N–H and O–H groups in total. The lowest BCUT2D eigenvalue weighted by Gasteiger charge is -2.22. The monoisotopic (exact) mass is 288 g/mol. The summed E-state index contributed by atoms with van der Waals surface area (Å²) in [4.78, 5) is 0. The lowest BCUT2D eigenvalue weighted by atomic mass is 10.1. The van der Waals surface area contributed by atoms with E-state index in [1.165, 1.54) is 0 Å². The first kappa shape index (κ1) is 17.1. The highest BCUT2D eigenvalue weighted by Crippen LogP contribution is 2.12. The summed E-state index contributed by atoms with van der Waals surface area (Å²) in [7, 11) is 3.22. The summed E-state index contributed by atoms with van der Waals surface area (Å²) < 4.78 is 36.7. The van der Waals surface area contributed by atoms with Crippen molar-refractivity contribution in [3.05, 3.63) is 0 Å². The molecular formula is C10H21ClO5S. The van der Waals surface area contributed by atoms with Crippen molar-refractivity contribution >= 4 is 19.7 Å². The third-order valence-electron chi connectivity index (χ3n) is 2.24. The standard InChI is InChI=1S/C10H21ClO5S/c1-10(2,14-3)4-5-15-6-7-16-8-9-17(11,12)13/h4-9H2,1-3H3. The van der Waals surface area contributed by atoms with Crippen molar-refractivity contribution in [2.24, 2.45) is 0 Å². The van der Waals surface area contributed by atoms with Crippen LogP contribution >= 0.6 is 10.7 Å². The van der Waals surface area contributed by atoms with Gasteiger partial charge in [-0.3, -0.25) is 0 Å². The Bertz CT molecular complexity index is 289. The van der Waals surface area contributed by atoms with Crippen LogP contribution in [0.15, 0.2) is 0 Å². The van der Waals surface area contributed by atoms with Crippen LogP contribution in [0.4, 0.5) is 0 Å². The first-order valence-electron chi connectivity index (χ1n) is 5.40. The fourth-order valence-corrected chi connectivity index (χ4v) is 1.41. The van der Waals surface area contributed by atoms with Crippen LogP contribution in [0, 0.1) is 0 Å². The van der Waals surface area contributed by atoms with Gasteiger partial charge in [0.15, 0.2) is 0 Å². The first-order chi connectivity index (χ1) is 7.77. The van der Waals surface area contributed by atoms with Crippen molar-refractivity contribution in [1.82, 2.24) is 0 Å². The summed E-state index contributed by atoms with van der Waals surface area (Å²) in [6.07, 6.45) is 0.791. The Morgan fingerprint density at radius 1 is 1.06 bits per heavy atom. The second-order valence-corrected chi connectivity index (χ2v) is 7.08. The second kappa shape index (κ2) is 8.26. The molecule has 0 amide bonds. The van der Waals surface area contributed by atoms with Gasteiger partial charge in [-0.2, -0.15) is 0 Å². The van der Waals surface area contributed by atoms with Gasteiger partial charge < -0.3 is 14.2 Å². The molecule has 0 atom stereocenters. The summed E-state index contributed by atoms with van der Waals surface area (Å²) in [6.45, 7) is 5.44. The van der Waals surface area contributed by atoms with Gasteiger partial charge in [-0.15, -0.1) is 0 Å². The topological polar surface area (TPSA) is 61.8 Å². The Morgan fingerprint density at radius 2 is 1.59 bits per heavy atom. The smallest absolute Gasteiger partial charge is 0.234 e. The number of rotatable bonds is 10. The van der Waals surface area contributed by atoms with Crippen molar-refractivity contribution in [2.45, 2.75) is 25.9 Å².